The first-order chi connectivity index (χ1) is 13.1. The smallest absolute Gasteiger partial charge is 0.160 e. The normalized spacial score (nSPS) is 16.7. The zero-order chi connectivity index (χ0) is 18.8. The molecule has 1 saturated heterocycles. The minimum Gasteiger partial charge on any atom is -0.385 e. The number of ether oxygens (including phenoxy) is 1. The van der Waals surface area contributed by atoms with Gasteiger partial charge < -0.3 is 9.84 Å². The van der Waals surface area contributed by atoms with Gasteiger partial charge in [0.05, 0.1) is 19.8 Å². The quantitative estimate of drug-likeness (QED) is 0.683. The number of halogens is 1. The predicted molar refractivity (Wildman–Crippen MR) is 105 cm³/mol. The molecule has 27 heavy (non-hydrogen) atoms. The Morgan fingerprint density at radius 3 is 2.63 bits per heavy atom. The summed E-state index contributed by atoms with van der Waals surface area (Å²) >= 11 is 6.12. The highest BCUT2D eigenvalue weighted by Crippen LogP contribution is 2.26. The van der Waals surface area contributed by atoms with Crippen LogP contribution in [0.15, 0.2) is 36.4 Å². The van der Waals surface area contributed by atoms with Gasteiger partial charge in [-0.2, -0.15) is 5.10 Å². The molecule has 2 aromatic heterocycles. The van der Waals surface area contributed by atoms with Gasteiger partial charge in [-0.15, -0.1) is 0 Å². The molecule has 3 aromatic rings. The van der Waals surface area contributed by atoms with Gasteiger partial charge in [-0.05, 0) is 24.6 Å². The molecule has 4 rings (SSSR count). The van der Waals surface area contributed by atoms with Crippen molar-refractivity contribution in [3.63, 3.8) is 0 Å². The van der Waals surface area contributed by atoms with Crippen molar-refractivity contribution in [1.82, 2.24) is 19.7 Å². The van der Waals surface area contributed by atoms with Crippen molar-refractivity contribution in [3.8, 4) is 0 Å². The summed E-state index contributed by atoms with van der Waals surface area (Å²) in [6, 6.07) is 12.0. The molecule has 0 bridgehead atoms. The molecule has 0 amide bonds. The van der Waals surface area contributed by atoms with Gasteiger partial charge in [-0.3, -0.25) is 4.90 Å². The minimum atomic E-state index is -0.687. The standard InChI is InChI=1S/C20H23ClN4O2/c1-14-2-4-15(5-3-14)12-25-20-16(6-7-18(21)22-20)19(23-25)17(26)13-24-8-10-27-11-9-24/h2-7,17,26H,8-13H2,1H3. The molecule has 1 N–H and O–H groups in total. The Morgan fingerprint density at radius 1 is 1.15 bits per heavy atom. The second-order valence-corrected chi connectivity index (χ2v) is 7.35. The average molecular weight is 387 g/mol. The van der Waals surface area contributed by atoms with Gasteiger partial charge in [0.2, 0.25) is 0 Å². The van der Waals surface area contributed by atoms with Crippen LogP contribution in [-0.4, -0.2) is 57.6 Å². The van der Waals surface area contributed by atoms with E-state index in [1.165, 1.54) is 5.56 Å². The summed E-state index contributed by atoms with van der Waals surface area (Å²) in [5.41, 5.74) is 3.68. The summed E-state index contributed by atoms with van der Waals surface area (Å²) in [5, 5.41) is 16.8. The van der Waals surface area contributed by atoms with Crippen molar-refractivity contribution in [3.05, 3.63) is 58.4 Å². The van der Waals surface area contributed by atoms with E-state index in [0.29, 0.717) is 42.8 Å². The number of nitrogens with zero attached hydrogens (tertiary/aromatic N) is 4. The van der Waals surface area contributed by atoms with Gasteiger partial charge in [0.15, 0.2) is 5.65 Å². The highest BCUT2D eigenvalue weighted by Gasteiger charge is 2.22. The molecule has 1 aliphatic heterocycles. The number of aliphatic hydroxyl groups excluding tert-OH is 1. The second-order valence-electron chi connectivity index (χ2n) is 6.96. The summed E-state index contributed by atoms with van der Waals surface area (Å²) in [4.78, 5) is 6.66. The summed E-state index contributed by atoms with van der Waals surface area (Å²) in [6.07, 6.45) is -0.687. The van der Waals surface area contributed by atoms with Crippen LogP contribution in [0.1, 0.15) is 22.9 Å². The fourth-order valence-corrected chi connectivity index (χ4v) is 3.53. The Balaban J connectivity index is 1.65. The van der Waals surface area contributed by atoms with Crippen LogP contribution >= 0.6 is 11.6 Å². The lowest BCUT2D eigenvalue weighted by atomic mass is 10.1. The van der Waals surface area contributed by atoms with Crippen LogP contribution < -0.4 is 0 Å². The maximum atomic E-state index is 10.8. The molecule has 0 aliphatic carbocycles. The van der Waals surface area contributed by atoms with E-state index in [4.69, 9.17) is 21.4 Å². The minimum absolute atomic E-state index is 0.418. The Morgan fingerprint density at radius 2 is 1.89 bits per heavy atom. The van der Waals surface area contributed by atoms with E-state index in [1.54, 1.807) is 6.07 Å². The van der Waals surface area contributed by atoms with Crippen LogP contribution in [0.5, 0.6) is 0 Å². The molecule has 1 aliphatic rings. The summed E-state index contributed by atoms with van der Waals surface area (Å²) in [6.45, 7) is 6.22. The van der Waals surface area contributed by atoms with Crippen LogP contribution in [0, 0.1) is 6.92 Å². The molecule has 6 nitrogen and oxygen atoms in total. The van der Waals surface area contributed by atoms with Crippen molar-refractivity contribution in [1.29, 1.82) is 0 Å². The summed E-state index contributed by atoms with van der Waals surface area (Å²) in [7, 11) is 0. The third-order valence-electron chi connectivity index (χ3n) is 4.89. The lowest BCUT2D eigenvalue weighted by Crippen LogP contribution is -2.38. The van der Waals surface area contributed by atoms with Gasteiger partial charge >= 0.3 is 0 Å². The molecule has 3 heterocycles. The highest BCUT2D eigenvalue weighted by atomic mass is 35.5. The Bertz CT molecular complexity index is 920. The first-order valence-corrected chi connectivity index (χ1v) is 9.54. The van der Waals surface area contributed by atoms with Crippen molar-refractivity contribution >= 4 is 22.6 Å². The van der Waals surface area contributed by atoms with E-state index >= 15 is 0 Å². The molecule has 0 radical (unpaired) electrons. The number of morpholine rings is 1. The Labute approximate surface area is 163 Å². The maximum Gasteiger partial charge on any atom is 0.160 e. The third kappa shape index (κ3) is 4.14. The number of aromatic nitrogens is 3. The highest BCUT2D eigenvalue weighted by molar-refractivity contribution is 6.29. The number of rotatable bonds is 5. The lowest BCUT2D eigenvalue weighted by molar-refractivity contribution is 0.0137. The molecule has 1 fully saturated rings. The average Bonchev–Trinajstić information content (AvgIpc) is 3.02. The summed E-state index contributed by atoms with van der Waals surface area (Å²) in [5.74, 6) is 0. The van der Waals surface area contributed by atoms with Gasteiger partial charge in [0.1, 0.15) is 17.0 Å². The molecule has 0 saturated carbocycles. The van der Waals surface area contributed by atoms with Gasteiger partial charge in [-0.1, -0.05) is 41.4 Å². The predicted octanol–water partition coefficient (Wildman–Crippen LogP) is 2.81. The van der Waals surface area contributed by atoms with Gasteiger partial charge in [0, 0.05) is 25.0 Å². The number of hydrogen-bond acceptors (Lipinski definition) is 5. The number of aliphatic hydroxyl groups is 1. The Kier molecular flexibility index (Phi) is 5.41. The molecule has 1 atom stereocenters. The lowest BCUT2D eigenvalue weighted by Gasteiger charge is -2.28. The molecular weight excluding hydrogens is 364 g/mol. The van der Waals surface area contributed by atoms with Crippen molar-refractivity contribution < 1.29 is 9.84 Å². The number of benzene rings is 1. The van der Waals surface area contributed by atoms with Crippen molar-refractivity contribution in [2.24, 2.45) is 0 Å². The number of pyridine rings is 1. The first kappa shape index (κ1) is 18.4. The van der Waals surface area contributed by atoms with Crippen LogP contribution in [0.4, 0.5) is 0 Å². The first-order valence-electron chi connectivity index (χ1n) is 9.17. The molecule has 1 unspecified atom stereocenters. The molecule has 7 heteroatoms. The van der Waals surface area contributed by atoms with Crippen molar-refractivity contribution in [2.75, 3.05) is 32.8 Å². The molecule has 0 spiro atoms. The summed E-state index contributed by atoms with van der Waals surface area (Å²) < 4.78 is 7.20. The zero-order valence-electron chi connectivity index (χ0n) is 15.3. The fourth-order valence-electron chi connectivity index (χ4n) is 3.39. The van der Waals surface area contributed by atoms with Gasteiger partial charge in [-0.25, -0.2) is 9.67 Å². The van der Waals surface area contributed by atoms with Crippen LogP contribution in [0.25, 0.3) is 11.0 Å². The molecule has 142 valence electrons. The van der Waals surface area contributed by atoms with E-state index in [-0.39, 0.29) is 0 Å². The zero-order valence-corrected chi connectivity index (χ0v) is 16.1. The number of fused-ring (bicyclic) bond motifs is 1. The topological polar surface area (TPSA) is 63.4 Å². The van der Waals surface area contributed by atoms with Gasteiger partial charge in [0.25, 0.3) is 0 Å². The Hall–Kier alpha value is -1.99. The number of β-amino-alcohol motifs (C(OH)–C–C–N with tert-alkyl or cyclic N) is 1. The molecule has 1 aromatic carbocycles. The monoisotopic (exact) mass is 386 g/mol. The van der Waals surface area contributed by atoms with E-state index in [0.717, 1.165) is 24.0 Å². The largest absolute Gasteiger partial charge is 0.385 e. The maximum absolute atomic E-state index is 10.8. The third-order valence-corrected chi connectivity index (χ3v) is 5.10. The van der Waals surface area contributed by atoms with E-state index in [2.05, 4.69) is 41.1 Å². The van der Waals surface area contributed by atoms with Crippen LogP contribution in [0.3, 0.4) is 0 Å². The van der Waals surface area contributed by atoms with E-state index in [9.17, 15) is 5.11 Å². The number of aryl methyl sites for hydroxylation is 1. The van der Waals surface area contributed by atoms with E-state index < -0.39 is 6.10 Å². The fraction of sp³-hybridized carbons (Fsp3) is 0.400. The molecular formula is C20H23ClN4O2. The second kappa shape index (κ2) is 7.94. The van der Waals surface area contributed by atoms with Crippen LogP contribution in [-0.2, 0) is 11.3 Å². The van der Waals surface area contributed by atoms with Crippen molar-refractivity contribution in [2.45, 2.75) is 19.6 Å². The number of hydrogen-bond donors (Lipinski definition) is 1. The van der Waals surface area contributed by atoms with Crippen LogP contribution in [0.2, 0.25) is 5.15 Å². The SMILES string of the molecule is Cc1ccc(Cn2nc(C(O)CN3CCOCC3)c3ccc(Cl)nc32)cc1. The van der Waals surface area contributed by atoms with E-state index in [1.807, 2.05) is 10.7 Å².